The monoisotopic (exact) mass is 296 g/mol. The van der Waals surface area contributed by atoms with Crippen LogP contribution in [0.3, 0.4) is 0 Å². The van der Waals surface area contributed by atoms with Crippen LogP contribution in [-0.2, 0) is 10.0 Å². The minimum atomic E-state index is -3.38. The van der Waals surface area contributed by atoms with Gasteiger partial charge in [-0.3, -0.25) is 0 Å². The van der Waals surface area contributed by atoms with Gasteiger partial charge < -0.3 is 5.32 Å². The number of rotatable bonds is 5. The molecule has 0 aliphatic carbocycles. The van der Waals surface area contributed by atoms with E-state index in [0.29, 0.717) is 18.0 Å². The predicted octanol–water partition coefficient (Wildman–Crippen LogP) is 2.15. The van der Waals surface area contributed by atoms with E-state index < -0.39 is 10.0 Å². The zero-order valence-electron chi connectivity index (χ0n) is 12.3. The van der Waals surface area contributed by atoms with Gasteiger partial charge in [0.1, 0.15) is 0 Å². The first-order valence-electron chi connectivity index (χ1n) is 7.34. The van der Waals surface area contributed by atoms with E-state index in [1.165, 1.54) is 12.8 Å². The van der Waals surface area contributed by atoms with E-state index in [0.717, 1.165) is 18.5 Å². The van der Waals surface area contributed by atoms with Crippen LogP contribution in [0.25, 0.3) is 0 Å². The van der Waals surface area contributed by atoms with Gasteiger partial charge in [-0.2, -0.15) is 4.31 Å². The third-order valence-corrected chi connectivity index (χ3v) is 5.75. The molecule has 1 atom stereocenters. The SMILES string of the molecule is CCN(CC1CCCCN1)S(=O)(=O)c1cccc(C)c1. The van der Waals surface area contributed by atoms with Crippen LogP contribution in [0.2, 0.25) is 0 Å². The molecule has 20 heavy (non-hydrogen) atoms. The number of nitrogens with one attached hydrogen (secondary N) is 1. The topological polar surface area (TPSA) is 49.4 Å². The Morgan fingerprint density at radius 2 is 2.15 bits per heavy atom. The molecule has 2 rings (SSSR count). The summed E-state index contributed by atoms with van der Waals surface area (Å²) in [6.07, 6.45) is 3.42. The highest BCUT2D eigenvalue weighted by molar-refractivity contribution is 7.89. The highest BCUT2D eigenvalue weighted by Crippen LogP contribution is 2.18. The Hall–Kier alpha value is -0.910. The molecular weight excluding hydrogens is 272 g/mol. The van der Waals surface area contributed by atoms with Crippen molar-refractivity contribution in [2.45, 2.75) is 44.0 Å². The maximum atomic E-state index is 12.7. The number of benzene rings is 1. The zero-order chi connectivity index (χ0) is 14.6. The van der Waals surface area contributed by atoms with E-state index in [-0.39, 0.29) is 6.04 Å². The molecule has 112 valence electrons. The summed E-state index contributed by atoms with van der Waals surface area (Å²) >= 11 is 0. The lowest BCUT2D eigenvalue weighted by molar-refractivity contribution is 0.319. The van der Waals surface area contributed by atoms with Crippen molar-refractivity contribution in [1.29, 1.82) is 0 Å². The molecule has 0 aromatic heterocycles. The highest BCUT2D eigenvalue weighted by Gasteiger charge is 2.26. The van der Waals surface area contributed by atoms with E-state index in [1.807, 2.05) is 19.9 Å². The average molecular weight is 296 g/mol. The molecule has 0 bridgehead atoms. The summed E-state index contributed by atoms with van der Waals surface area (Å²) in [7, 11) is -3.38. The molecule has 1 saturated heterocycles. The minimum absolute atomic E-state index is 0.281. The molecule has 0 radical (unpaired) electrons. The van der Waals surface area contributed by atoms with Crippen LogP contribution in [0.1, 0.15) is 31.7 Å². The number of hydrogen-bond donors (Lipinski definition) is 1. The smallest absolute Gasteiger partial charge is 0.243 e. The summed E-state index contributed by atoms with van der Waals surface area (Å²) in [6, 6.07) is 7.42. The van der Waals surface area contributed by atoms with Gasteiger partial charge in [0.15, 0.2) is 0 Å². The Bertz CT molecular complexity index is 537. The Morgan fingerprint density at radius 1 is 1.35 bits per heavy atom. The minimum Gasteiger partial charge on any atom is -0.313 e. The van der Waals surface area contributed by atoms with Crippen LogP contribution >= 0.6 is 0 Å². The molecule has 0 saturated carbocycles. The number of hydrogen-bond acceptors (Lipinski definition) is 3. The first kappa shape index (κ1) is 15.5. The van der Waals surface area contributed by atoms with E-state index in [1.54, 1.807) is 22.5 Å². The third kappa shape index (κ3) is 3.59. The Kier molecular flexibility index (Phi) is 5.18. The van der Waals surface area contributed by atoms with E-state index >= 15 is 0 Å². The van der Waals surface area contributed by atoms with E-state index in [9.17, 15) is 8.42 Å². The van der Waals surface area contributed by atoms with Crippen molar-refractivity contribution in [3.8, 4) is 0 Å². The van der Waals surface area contributed by atoms with Crippen molar-refractivity contribution < 1.29 is 8.42 Å². The van der Waals surface area contributed by atoms with Crippen LogP contribution < -0.4 is 5.32 Å². The number of sulfonamides is 1. The van der Waals surface area contributed by atoms with Gasteiger partial charge in [-0.25, -0.2) is 8.42 Å². The van der Waals surface area contributed by atoms with Crippen LogP contribution in [-0.4, -0.2) is 38.4 Å². The van der Waals surface area contributed by atoms with Gasteiger partial charge in [0, 0.05) is 19.1 Å². The number of likely N-dealkylation sites (N-methyl/N-ethyl adjacent to an activating group) is 1. The Morgan fingerprint density at radius 3 is 2.75 bits per heavy atom. The van der Waals surface area contributed by atoms with Crippen molar-refractivity contribution in [3.63, 3.8) is 0 Å². The fourth-order valence-corrected chi connectivity index (χ4v) is 4.25. The molecule has 4 nitrogen and oxygen atoms in total. The molecule has 1 aliphatic heterocycles. The standard InChI is InChI=1S/C15H24N2O2S/c1-3-17(12-14-8-4-5-10-16-14)20(18,19)15-9-6-7-13(2)11-15/h6-7,9,11,14,16H,3-5,8,10,12H2,1-2H3. The summed E-state index contributed by atoms with van der Waals surface area (Å²) < 4.78 is 27.0. The van der Waals surface area contributed by atoms with Gasteiger partial charge in [0.2, 0.25) is 10.0 Å². The molecule has 1 N–H and O–H groups in total. The van der Waals surface area contributed by atoms with Gasteiger partial charge >= 0.3 is 0 Å². The second-order valence-electron chi connectivity index (χ2n) is 5.42. The fourth-order valence-electron chi connectivity index (χ4n) is 2.65. The summed E-state index contributed by atoms with van der Waals surface area (Å²) in [5, 5.41) is 3.41. The quantitative estimate of drug-likeness (QED) is 0.906. The zero-order valence-corrected chi connectivity index (χ0v) is 13.1. The summed E-state index contributed by atoms with van der Waals surface area (Å²) in [5.41, 5.74) is 0.970. The fraction of sp³-hybridized carbons (Fsp3) is 0.600. The van der Waals surface area contributed by atoms with E-state index in [2.05, 4.69) is 5.32 Å². The maximum Gasteiger partial charge on any atom is 0.243 e. The summed E-state index contributed by atoms with van der Waals surface area (Å²) in [4.78, 5) is 0.398. The van der Waals surface area contributed by atoms with Gasteiger partial charge in [0.05, 0.1) is 4.90 Å². The molecule has 1 aliphatic rings. The third-order valence-electron chi connectivity index (χ3n) is 3.82. The molecule has 1 fully saturated rings. The Labute approximate surface area is 122 Å². The largest absolute Gasteiger partial charge is 0.313 e. The van der Waals surface area contributed by atoms with Crippen molar-refractivity contribution >= 4 is 10.0 Å². The molecule has 5 heteroatoms. The number of nitrogens with zero attached hydrogens (tertiary/aromatic N) is 1. The van der Waals surface area contributed by atoms with Crippen molar-refractivity contribution in [3.05, 3.63) is 29.8 Å². The highest BCUT2D eigenvalue weighted by atomic mass is 32.2. The second-order valence-corrected chi connectivity index (χ2v) is 7.36. The van der Waals surface area contributed by atoms with Gasteiger partial charge in [-0.15, -0.1) is 0 Å². The number of aryl methyl sites for hydroxylation is 1. The summed E-state index contributed by atoms with van der Waals surface area (Å²) in [6.45, 7) is 5.88. The molecule has 1 heterocycles. The van der Waals surface area contributed by atoms with Crippen LogP contribution in [0.15, 0.2) is 29.2 Å². The lowest BCUT2D eigenvalue weighted by atomic mass is 10.1. The van der Waals surface area contributed by atoms with Crippen LogP contribution in [0, 0.1) is 6.92 Å². The lowest BCUT2D eigenvalue weighted by Gasteiger charge is -2.29. The van der Waals surface area contributed by atoms with Gasteiger partial charge in [-0.1, -0.05) is 25.5 Å². The van der Waals surface area contributed by atoms with Crippen molar-refractivity contribution in [2.75, 3.05) is 19.6 Å². The van der Waals surface area contributed by atoms with Gasteiger partial charge in [-0.05, 0) is 44.0 Å². The molecular formula is C15H24N2O2S. The number of piperidine rings is 1. The Balaban J connectivity index is 2.16. The first-order chi connectivity index (χ1) is 9.54. The normalized spacial score (nSPS) is 20.2. The lowest BCUT2D eigenvalue weighted by Crippen LogP contribution is -2.45. The molecule has 0 spiro atoms. The van der Waals surface area contributed by atoms with Crippen LogP contribution in [0.5, 0.6) is 0 Å². The van der Waals surface area contributed by atoms with Crippen LogP contribution in [0.4, 0.5) is 0 Å². The predicted molar refractivity (Wildman–Crippen MR) is 81.3 cm³/mol. The summed E-state index contributed by atoms with van der Waals surface area (Å²) in [5.74, 6) is 0. The maximum absolute atomic E-state index is 12.7. The molecule has 1 aromatic carbocycles. The molecule has 0 amide bonds. The van der Waals surface area contributed by atoms with Gasteiger partial charge in [0.25, 0.3) is 0 Å². The molecule has 1 aromatic rings. The average Bonchev–Trinajstić information content (AvgIpc) is 2.45. The van der Waals surface area contributed by atoms with Crippen molar-refractivity contribution in [2.24, 2.45) is 0 Å². The van der Waals surface area contributed by atoms with Crippen molar-refractivity contribution in [1.82, 2.24) is 9.62 Å². The first-order valence-corrected chi connectivity index (χ1v) is 8.78. The van der Waals surface area contributed by atoms with E-state index in [4.69, 9.17) is 0 Å². The second kappa shape index (κ2) is 6.70. The molecule has 1 unspecified atom stereocenters.